The molecule has 244 valence electrons. The zero-order valence-electron chi connectivity index (χ0n) is 28.1. The molecular weight excluding hydrogens is 629 g/mol. The molecule has 4 aromatic carbocycles. The Morgan fingerprint density at radius 2 is 0.627 bits per heavy atom. The van der Waals surface area contributed by atoms with Gasteiger partial charge in [0.1, 0.15) is 11.4 Å². The summed E-state index contributed by atoms with van der Waals surface area (Å²) in [6, 6.07) is 48.2. The Bertz CT molecular complexity index is 2110. The minimum atomic E-state index is -0.294. The maximum absolute atomic E-state index is 4.87. The van der Waals surface area contributed by atoms with Crippen molar-refractivity contribution in [2.45, 2.75) is 19.3 Å². The second-order valence-corrected chi connectivity index (χ2v) is 12.6. The van der Waals surface area contributed by atoms with Gasteiger partial charge in [0, 0.05) is 40.1 Å². The lowest BCUT2D eigenvalue weighted by Gasteiger charge is -2.26. The van der Waals surface area contributed by atoms with Crippen LogP contribution in [0, 0.1) is 0 Å². The molecule has 0 bridgehead atoms. The maximum Gasteiger partial charge on any atom is 0.182 e. The summed E-state index contributed by atoms with van der Waals surface area (Å²) in [5.74, 6) is 3.46. The fourth-order valence-corrected chi connectivity index (χ4v) is 5.90. The number of rotatable bonds is 8. The van der Waals surface area contributed by atoms with E-state index in [-0.39, 0.29) is 5.41 Å². The van der Waals surface area contributed by atoms with E-state index in [1.807, 2.05) is 97.1 Å². The highest BCUT2D eigenvalue weighted by Crippen LogP contribution is 2.34. The molecule has 4 heterocycles. The van der Waals surface area contributed by atoms with E-state index in [0.29, 0.717) is 46.3 Å². The van der Waals surface area contributed by atoms with Gasteiger partial charge in [0.2, 0.25) is 0 Å². The lowest BCUT2D eigenvalue weighted by Crippen LogP contribution is -2.18. The Morgan fingerprint density at radius 3 is 0.961 bits per heavy atom. The van der Waals surface area contributed by atoms with Crippen molar-refractivity contribution in [1.82, 2.24) is 39.9 Å². The van der Waals surface area contributed by atoms with E-state index in [1.165, 1.54) is 0 Å². The number of hydrogen-bond acceptors (Lipinski definition) is 8. The quantitative estimate of drug-likeness (QED) is 0.159. The highest BCUT2D eigenvalue weighted by Gasteiger charge is 2.24. The molecule has 0 spiro atoms. The van der Waals surface area contributed by atoms with Crippen LogP contribution in [-0.4, -0.2) is 39.9 Å². The van der Waals surface area contributed by atoms with Gasteiger partial charge in [-0.25, -0.2) is 29.9 Å². The largest absolute Gasteiger partial charge is 0.253 e. The Hall–Kier alpha value is -6.80. The number of hydrogen-bond donors (Lipinski definition) is 0. The predicted octanol–water partition coefficient (Wildman–Crippen LogP) is 9.17. The van der Waals surface area contributed by atoms with Crippen molar-refractivity contribution >= 4 is 0 Å². The third-order valence-electron chi connectivity index (χ3n) is 8.85. The molecule has 8 heteroatoms. The van der Waals surface area contributed by atoms with Gasteiger partial charge in [-0.2, -0.15) is 0 Å². The van der Waals surface area contributed by atoms with Crippen molar-refractivity contribution in [2.24, 2.45) is 0 Å². The van der Waals surface area contributed by atoms with Gasteiger partial charge in [-0.05, 0) is 35.4 Å². The molecule has 0 amide bonds. The van der Waals surface area contributed by atoms with Crippen molar-refractivity contribution in [2.75, 3.05) is 0 Å². The molecule has 0 aliphatic carbocycles. The predicted molar refractivity (Wildman–Crippen MR) is 200 cm³/mol. The standard InChI is InChI=1S/C43H32N8/c1-43(2,33-23-19-31(20-24-33)39-46-37(29-13-5-3-6-14-29)48-41(50-39)35-17-9-11-27-44-35)34-25-21-32(22-26-34)40-47-38(30-15-7-4-8-16-30)49-42(51-40)36-18-10-12-28-45-36/h3-28H,1-2H3. The van der Waals surface area contributed by atoms with Gasteiger partial charge in [-0.3, -0.25) is 9.97 Å². The first-order valence-corrected chi connectivity index (χ1v) is 16.7. The first-order chi connectivity index (χ1) is 25.0. The van der Waals surface area contributed by atoms with Crippen LogP contribution in [0.25, 0.3) is 68.6 Å². The van der Waals surface area contributed by atoms with Crippen LogP contribution >= 0.6 is 0 Å². The number of benzene rings is 4. The molecule has 4 aromatic heterocycles. The fourth-order valence-electron chi connectivity index (χ4n) is 5.90. The van der Waals surface area contributed by atoms with Crippen LogP contribution < -0.4 is 0 Å². The zero-order chi connectivity index (χ0) is 34.6. The zero-order valence-corrected chi connectivity index (χ0v) is 28.1. The van der Waals surface area contributed by atoms with Crippen LogP contribution in [0.1, 0.15) is 25.0 Å². The highest BCUT2D eigenvalue weighted by atomic mass is 15.1. The first-order valence-electron chi connectivity index (χ1n) is 16.7. The van der Waals surface area contributed by atoms with Gasteiger partial charge in [0.15, 0.2) is 34.9 Å². The van der Waals surface area contributed by atoms with E-state index in [4.69, 9.17) is 29.9 Å². The Morgan fingerprint density at radius 1 is 0.314 bits per heavy atom. The minimum Gasteiger partial charge on any atom is -0.253 e. The van der Waals surface area contributed by atoms with Crippen LogP contribution in [0.15, 0.2) is 158 Å². The number of nitrogens with zero attached hydrogens (tertiary/aromatic N) is 8. The summed E-state index contributed by atoms with van der Waals surface area (Å²) in [7, 11) is 0. The summed E-state index contributed by atoms with van der Waals surface area (Å²) < 4.78 is 0. The Balaban J connectivity index is 1.10. The summed E-state index contributed by atoms with van der Waals surface area (Å²) >= 11 is 0. The van der Waals surface area contributed by atoms with Crippen LogP contribution in [0.4, 0.5) is 0 Å². The normalized spacial score (nSPS) is 11.3. The van der Waals surface area contributed by atoms with Crippen LogP contribution in [0.2, 0.25) is 0 Å². The van der Waals surface area contributed by atoms with Crippen LogP contribution in [0.5, 0.6) is 0 Å². The topological polar surface area (TPSA) is 103 Å². The van der Waals surface area contributed by atoms with Crippen LogP contribution in [0.3, 0.4) is 0 Å². The monoisotopic (exact) mass is 660 g/mol. The van der Waals surface area contributed by atoms with Gasteiger partial charge < -0.3 is 0 Å². The molecular formula is C43H32N8. The van der Waals surface area contributed by atoms with Crippen molar-refractivity contribution < 1.29 is 0 Å². The molecule has 0 fully saturated rings. The van der Waals surface area contributed by atoms with Crippen LogP contribution in [-0.2, 0) is 5.41 Å². The Labute approximate surface area is 296 Å². The lowest BCUT2D eigenvalue weighted by molar-refractivity contribution is 0.641. The van der Waals surface area contributed by atoms with Crippen molar-refractivity contribution in [3.63, 3.8) is 0 Å². The van der Waals surface area contributed by atoms with E-state index in [2.05, 4.69) is 72.3 Å². The smallest absolute Gasteiger partial charge is 0.182 e. The van der Waals surface area contributed by atoms with Gasteiger partial charge in [0.25, 0.3) is 0 Å². The molecule has 0 atom stereocenters. The van der Waals surface area contributed by atoms with Crippen molar-refractivity contribution in [3.8, 4) is 68.6 Å². The van der Waals surface area contributed by atoms with Gasteiger partial charge in [-0.1, -0.05) is 135 Å². The summed E-state index contributed by atoms with van der Waals surface area (Å²) in [6.45, 7) is 4.45. The molecule has 0 aliphatic rings. The summed E-state index contributed by atoms with van der Waals surface area (Å²) in [5.41, 5.74) is 7.04. The second kappa shape index (κ2) is 13.6. The second-order valence-electron chi connectivity index (χ2n) is 12.6. The molecule has 8 nitrogen and oxygen atoms in total. The van der Waals surface area contributed by atoms with Crippen molar-refractivity contribution in [1.29, 1.82) is 0 Å². The average Bonchev–Trinajstić information content (AvgIpc) is 3.22. The Kier molecular flexibility index (Phi) is 8.39. The number of pyridine rings is 2. The SMILES string of the molecule is CC(C)(c1ccc(-c2nc(-c3ccccc3)nc(-c3ccccn3)n2)cc1)c1ccc(-c2nc(-c3ccccc3)nc(-c3ccccn3)n2)cc1. The van der Waals surface area contributed by atoms with Gasteiger partial charge in [-0.15, -0.1) is 0 Å². The average molecular weight is 661 g/mol. The highest BCUT2D eigenvalue weighted by molar-refractivity contribution is 5.67. The molecule has 0 aliphatic heterocycles. The van der Waals surface area contributed by atoms with E-state index >= 15 is 0 Å². The molecule has 0 unspecified atom stereocenters. The molecule has 0 saturated heterocycles. The molecule has 0 radical (unpaired) electrons. The van der Waals surface area contributed by atoms with Gasteiger partial charge in [0.05, 0.1) is 0 Å². The number of aromatic nitrogens is 8. The summed E-state index contributed by atoms with van der Waals surface area (Å²) in [4.78, 5) is 37.9. The molecule has 0 N–H and O–H groups in total. The lowest BCUT2D eigenvalue weighted by atomic mass is 9.77. The molecule has 8 aromatic rings. The first kappa shape index (κ1) is 31.5. The minimum absolute atomic E-state index is 0.294. The third-order valence-corrected chi connectivity index (χ3v) is 8.85. The molecule has 8 rings (SSSR count). The van der Waals surface area contributed by atoms with E-state index in [9.17, 15) is 0 Å². The molecule has 51 heavy (non-hydrogen) atoms. The van der Waals surface area contributed by atoms with E-state index in [1.54, 1.807) is 12.4 Å². The van der Waals surface area contributed by atoms with Gasteiger partial charge >= 0.3 is 0 Å². The third kappa shape index (κ3) is 6.63. The van der Waals surface area contributed by atoms with Crippen molar-refractivity contribution in [3.05, 3.63) is 169 Å². The fraction of sp³-hybridized carbons (Fsp3) is 0.0698. The van der Waals surface area contributed by atoms with E-state index < -0.39 is 0 Å². The summed E-state index contributed by atoms with van der Waals surface area (Å²) in [6.07, 6.45) is 3.49. The molecule has 0 saturated carbocycles. The van der Waals surface area contributed by atoms with E-state index in [0.717, 1.165) is 33.4 Å². The summed E-state index contributed by atoms with van der Waals surface area (Å²) in [5, 5.41) is 0. The maximum atomic E-state index is 4.87.